The summed E-state index contributed by atoms with van der Waals surface area (Å²) in [7, 11) is 2.95. The Kier molecular flexibility index (Phi) is 8.08. The quantitative estimate of drug-likeness (QED) is 0.603. The summed E-state index contributed by atoms with van der Waals surface area (Å²) in [6.07, 6.45) is -0.0461. The van der Waals surface area contributed by atoms with Crippen molar-refractivity contribution in [2.75, 3.05) is 20.8 Å². The van der Waals surface area contributed by atoms with Gasteiger partial charge in [-0.3, -0.25) is 14.4 Å². The molecule has 0 fully saturated rings. The SMILES string of the molecule is COc1ccc(C(CC(=O)O)NC(=O)CNC(=O)CC(C)(C)C)c(OC)c1. The van der Waals surface area contributed by atoms with Gasteiger partial charge in [0.15, 0.2) is 0 Å². The van der Waals surface area contributed by atoms with Gasteiger partial charge in [-0.25, -0.2) is 0 Å². The largest absolute Gasteiger partial charge is 0.497 e. The summed E-state index contributed by atoms with van der Waals surface area (Å²) in [5, 5.41) is 14.4. The average Bonchev–Trinajstić information content (AvgIpc) is 2.57. The van der Waals surface area contributed by atoms with E-state index in [0.717, 1.165) is 0 Å². The van der Waals surface area contributed by atoms with Crippen molar-refractivity contribution in [2.45, 2.75) is 39.7 Å². The molecule has 3 N–H and O–H groups in total. The Morgan fingerprint density at radius 3 is 2.30 bits per heavy atom. The number of methoxy groups -OCH3 is 2. The van der Waals surface area contributed by atoms with E-state index in [-0.39, 0.29) is 30.7 Å². The molecule has 0 spiro atoms. The summed E-state index contributed by atoms with van der Waals surface area (Å²) in [6, 6.07) is 4.10. The summed E-state index contributed by atoms with van der Waals surface area (Å²) < 4.78 is 10.4. The first kappa shape index (κ1) is 22.3. The first-order valence-electron chi connectivity index (χ1n) is 8.55. The van der Waals surface area contributed by atoms with Gasteiger partial charge in [-0.15, -0.1) is 0 Å². The van der Waals surface area contributed by atoms with Crippen LogP contribution in [0.3, 0.4) is 0 Å². The van der Waals surface area contributed by atoms with E-state index in [1.165, 1.54) is 14.2 Å². The number of benzene rings is 1. The summed E-state index contributed by atoms with van der Waals surface area (Å²) in [4.78, 5) is 35.3. The molecule has 0 radical (unpaired) electrons. The summed E-state index contributed by atoms with van der Waals surface area (Å²) in [5.74, 6) is -0.853. The van der Waals surface area contributed by atoms with E-state index in [4.69, 9.17) is 9.47 Å². The second-order valence-electron chi connectivity index (χ2n) is 7.34. The molecule has 1 unspecified atom stereocenters. The van der Waals surface area contributed by atoms with Gasteiger partial charge in [-0.1, -0.05) is 20.8 Å². The van der Waals surface area contributed by atoms with Crippen LogP contribution in [0, 0.1) is 5.41 Å². The molecule has 0 bridgehead atoms. The molecule has 1 aromatic rings. The minimum Gasteiger partial charge on any atom is -0.497 e. The van der Waals surface area contributed by atoms with Crippen LogP contribution in [-0.2, 0) is 14.4 Å². The third kappa shape index (κ3) is 7.98. The van der Waals surface area contributed by atoms with Crippen LogP contribution in [0.2, 0.25) is 0 Å². The van der Waals surface area contributed by atoms with Crippen LogP contribution in [0.1, 0.15) is 45.2 Å². The fourth-order valence-electron chi connectivity index (χ4n) is 2.49. The summed E-state index contributed by atoms with van der Waals surface area (Å²) in [6.45, 7) is 5.53. The average molecular weight is 380 g/mol. The number of hydrogen-bond donors (Lipinski definition) is 3. The standard InChI is InChI=1S/C19H28N2O6/c1-19(2,3)10-16(22)20-11-17(23)21-14(9-18(24)25)13-7-6-12(26-4)8-15(13)27-5/h6-8,14H,9-11H2,1-5H3,(H,20,22)(H,21,23)(H,24,25). The van der Waals surface area contributed by atoms with Gasteiger partial charge in [0, 0.05) is 18.1 Å². The Morgan fingerprint density at radius 2 is 1.78 bits per heavy atom. The zero-order valence-corrected chi connectivity index (χ0v) is 16.4. The highest BCUT2D eigenvalue weighted by atomic mass is 16.5. The highest BCUT2D eigenvalue weighted by Crippen LogP contribution is 2.31. The van der Waals surface area contributed by atoms with Crippen molar-refractivity contribution >= 4 is 17.8 Å². The number of nitrogens with one attached hydrogen (secondary N) is 2. The fraction of sp³-hybridized carbons (Fsp3) is 0.526. The van der Waals surface area contributed by atoms with Gasteiger partial charge in [0.25, 0.3) is 0 Å². The fourth-order valence-corrected chi connectivity index (χ4v) is 2.49. The Hall–Kier alpha value is -2.77. The zero-order valence-electron chi connectivity index (χ0n) is 16.4. The molecule has 0 saturated heterocycles. The Morgan fingerprint density at radius 1 is 1.11 bits per heavy atom. The summed E-state index contributed by atoms with van der Waals surface area (Å²) >= 11 is 0. The number of carboxylic acids is 1. The molecule has 8 heteroatoms. The number of amides is 2. The van der Waals surface area contributed by atoms with Gasteiger partial charge in [0.2, 0.25) is 11.8 Å². The molecule has 0 saturated carbocycles. The van der Waals surface area contributed by atoms with Crippen LogP contribution < -0.4 is 20.1 Å². The lowest BCUT2D eigenvalue weighted by Gasteiger charge is -2.21. The number of carbonyl (C=O) groups excluding carboxylic acids is 2. The van der Waals surface area contributed by atoms with Crippen molar-refractivity contribution < 1.29 is 29.0 Å². The molecule has 0 aliphatic rings. The number of aliphatic carboxylic acids is 1. The Balaban J connectivity index is 2.85. The molecule has 150 valence electrons. The molecule has 0 heterocycles. The van der Waals surface area contributed by atoms with E-state index in [1.807, 2.05) is 20.8 Å². The van der Waals surface area contributed by atoms with Crippen LogP contribution in [0.15, 0.2) is 18.2 Å². The van der Waals surface area contributed by atoms with E-state index in [2.05, 4.69) is 10.6 Å². The summed E-state index contributed by atoms with van der Waals surface area (Å²) in [5.41, 5.74) is 0.318. The van der Waals surface area contributed by atoms with Crippen LogP contribution >= 0.6 is 0 Å². The Bertz CT molecular complexity index is 681. The van der Waals surface area contributed by atoms with Gasteiger partial charge >= 0.3 is 5.97 Å². The third-order valence-corrected chi connectivity index (χ3v) is 3.67. The topological polar surface area (TPSA) is 114 Å². The lowest BCUT2D eigenvalue weighted by atomic mass is 9.92. The maximum absolute atomic E-state index is 12.2. The molecule has 27 heavy (non-hydrogen) atoms. The number of rotatable bonds is 9. The second kappa shape index (κ2) is 9.80. The van der Waals surface area contributed by atoms with E-state index in [0.29, 0.717) is 17.1 Å². The van der Waals surface area contributed by atoms with Gasteiger partial charge in [0.05, 0.1) is 33.2 Å². The highest BCUT2D eigenvalue weighted by molar-refractivity contribution is 5.85. The first-order chi connectivity index (χ1) is 12.6. The van der Waals surface area contributed by atoms with Crippen molar-refractivity contribution in [1.82, 2.24) is 10.6 Å². The molecular formula is C19H28N2O6. The van der Waals surface area contributed by atoms with E-state index >= 15 is 0 Å². The molecule has 0 aliphatic heterocycles. The minimum absolute atomic E-state index is 0.192. The molecule has 1 aromatic carbocycles. The smallest absolute Gasteiger partial charge is 0.305 e. The molecule has 0 aromatic heterocycles. The third-order valence-electron chi connectivity index (χ3n) is 3.67. The van der Waals surface area contributed by atoms with Gasteiger partial charge < -0.3 is 25.2 Å². The molecule has 2 amide bonds. The normalized spacial score (nSPS) is 12.0. The molecular weight excluding hydrogens is 352 g/mol. The number of carbonyl (C=O) groups is 3. The first-order valence-corrected chi connectivity index (χ1v) is 8.55. The number of ether oxygens (including phenoxy) is 2. The molecule has 8 nitrogen and oxygen atoms in total. The van der Waals surface area contributed by atoms with Crippen molar-refractivity contribution in [3.05, 3.63) is 23.8 Å². The van der Waals surface area contributed by atoms with Gasteiger partial charge in [0.1, 0.15) is 11.5 Å². The molecule has 1 atom stereocenters. The van der Waals surface area contributed by atoms with Crippen molar-refractivity contribution in [2.24, 2.45) is 5.41 Å². The van der Waals surface area contributed by atoms with Crippen LogP contribution in [0.25, 0.3) is 0 Å². The maximum atomic E-state index is 12.2. The molecule has 0 aliphatic carbocycles. The van der Waals surface area contributed by atoms with Crippen molar-refractivity contribution in [3.63, 3.8) is 0 Å². The lowest BCUT2D eigenvalue weighted by Crippen LogP contribution is -2.40. The van der Waals surface area contributed by atoms with Crippen LogP contribution in [-0.4, -0.2) is 43.7 Å². The van der Waals surface area contributed by atoms with E-state index in [9.17, 15) is 19.5 Å². The number of hydrogen-bond acceptors (Lipinski definition) is 5. The van der Waals surface area contributed by atoms with Crippen molar-refractivity contribution in [3.8, 4) is 11.5 Å². The minimum atomic E-state index is -1.07. The monoisotopic (exact) mass is 380 g/mol. The molecule has 1 rings (SSSR count). The predicted octanol–water partition coefficient (Wildman–Crippen LogP) is 1.89. The van der Waals surface area contributed by atoms with Crippen LogP contribution in [0.4, 0.5) is 0 Å². The Labute approximate surface area is 159 Å². The number of carboxylic acid groups (broad SMARTS) is 1. The highest BCUT2D eigenvalue weighted by Gasteiger charge is 2.23. The van der Waals surface area contributed by atoms with E-state index < -0.39 is 17.9 Å². The zero-order chi connectivity index (χ0) is 20.6. The van der Waals surface area contributed by atoms with Crippen LogP contribution in [0.5, 0.6) is 11.5 Å². The van der Waals surface area contributed by atoms with Crippen molar-refractivity contribution in [1.29, 1.82) is 0 Å². The van der Waals surface area contributed by atoms with Gasteiger partial charge in [-0.05, 0) is 17.5 Å². The van der Waals surface area contributed by atoms with Gasteiger partial charge in [-0.2, -0.15) is 0 Å². The lowest BCUT2D eigenvalue weighted by molar-refractivity contribution is -0.138. The second-order valence-corrected chi connectivity index (χ2v) is 7.34. The predicted molar refractivity (Wildman–Crippen MR) is 99.8 cm³/mol. The van der Waals surface area contributed by atoms with E-state index in [1.54, 1.807) is 18.2 Å². The maximum Gasteiger partial charge on any atom is 0.305 e.